The summed E-state index contributed by atoms with van der Waals surface area (Å²) in [6.07, 6.45) is -9.85. The van der Waals surface area contributed by atoms with E-state index in [9.17, 15) is 35.1 Å². The first-order chi connectivity index (χ1) is 12.2. The van der Waals surface area contributed by atoms with Crippen molar-refractivity contribution in [3.05, 3.63) is 5.82 Å². The Balaban J connectivity index is 2.29. The highest BCUT2D eigenvalue weighted by atomic mass is 19.4. The molecule has 0 bridgehead atoms. The van der Waals surface area contributed by atoms with Crippen molar-refractivity contribution in [1.82, 2.24) is 15.0 Å². The van der Waals surface area contributed by atoms with E-state index in [1.165, 1.54) is 0 Å². The topological polar surface area (TPSA) is 62.7 Å². The van der Waals surface area contributed by atoms with E-state index in [4.69, 9.17) is 0 Å². The summed E-state index contributed by atoms with van der Waals surface area (Å²) in [4.78, 5) is 10.5. The third kappa shape index (κ3) is 5.80. The molecule has 1 aliphatic rings. The van der Waals surface area contributed by atoms with Gasteiger partial charge in [0.1, 0.15) is 12.1 Å². The van der Waals surface area contributed by atoms with E-state index in [1.54, 1.807) is 0 Å². The lowest BCUT2D eigenvalue weighted by Gasteiger charge is -2.19. The monoisotopic (exact) mass is 403 g/mol. The maximum absolute atomic E-state index is 12.8. The predicted molar refractivity (Wildman–Crippen MR) is 78.0 cm³/mol. The van der Waals surface area contributed by atoms with Crippen molar-refractivity contribution in [2.75, 3.05) is 10.6 Å². The van der Waals surface area contributed by atoms with Crippen LogP contribution in [-0.4, -0.2) is 45.3 Å². The molecule has 1 aliphatic carbocycles. The summed E-state index contributed by atoms with van der Waals surface area (Å²) in [6, 6.07) is -4.25. The fourth-order valence-electron chi connectivity index (χ4n) is 1.63. The van der Waals surface area contributed by atoms with Gasteiger partial charge in [0, 0.05) is 6.42 Å². The zero-order valence-electron chi connectivity index (χ0n) is 13.8. The van der Waals surface area contributed by atoms with Crippen molar-refractivity contribution in [1.29, 1.82) is 0 Å². The summed E-state index contributed by atoms with van der Waals surface area (Å²) >= 11 is 0. The Bertz CT molecular complexity index is 708. The van der Waals surface area contributed by atoms with E-state index in [0.717, 1.165) is 13.8 Å². The van der Waals surface area contributed by atoms with Crippen molar-refractivity contribution in [3.8, 4) is 11.8 Å². The van der Waals surface area contributed by atoms with Crippen LogP contribution in [0.25, 0.3) is 0 Å². The molecule has 0 aromatic carbocycles. The minimum absolute atomic E-state index is 0.489. The quantitative estimate of drug-likeness (QED) is 0.594. The molecule has 150 valence electrons. The van der Waals surface area contributed by atoms with Gasteiger partial charge >= 0.3 is 12.4 Å². The van der Waals surface area contributed by atoms with Gasteiger partial charge in [0.25, 0.3) is 5.92 Å². The van der Waals surface area contributed by atoms with Gasteiger partial charge in [0.05, 0.1) is 5.92 Å². The van der Waals surface area contributed by atoms with Gasteiger partial charge in [-0.1, -0.05) is 5.92 Å². The van der Waals surface area contributed by atoms with Crippen LogP contribution < -0.4 is 10.6 Å². The Labute approximate surface area is 148 Å². The van der Waals surface area contributed by atoms with Gasteiger partial charge in [-0.05, 0) is 19.8 Å². The molecule has 27 heavy (non-hydrogen) atoms. The van der Waals surface area contributed by atoms with E-state index in [1.807, 2.05) is 10.6 Å². The summed E-state index contributed by atoms with van der Waals surface area (Å²) in [7, 11) is 0. The summed E-state index contributed by atoms with van der Waals surface area (Å²) < 4.78 is 102. The van der Waals surface area contributed by atoms with Crippen molar-refractivity contribution in [3.63, 3.8) is 0 Å². The lowest BCUT2D eigenvalue weighted by Crippen LogP contribution is -2.35. The number of hydrogen-bond donors (Lipinski definition) is 2. The van der Waals surface area contributed by atoms with Crippen LogP contribution in [0.1, 0.15) is 26.1 Å². The largest absolute Gasteiger partial charge is 0.408 e. The molecule has 0 saturated heterocycles. The smallest absolute Gasteiger partial charge is 0.343 e. The Hall–Kier alpha value is -2.39. The Kier molecular flexibility index (Phi) is 5.40. The molecule has 2 N–H and O–H groups in total. The van der Waals surface area contributed by atoms with Crippen LogP contribution in [0.4, 0.5) is 47.0 Å². The molecular weight excluding hydrogens is 390 g/mol. The summed E-state index contributed by atoms with van der Waals surface area (Å²) in [5.74, 6) is -1.90. The number of hydrogen-bond acceptors (Lipinski definition) is 5. The molecule has 13 heteroatoms. The van der Waals surface area contributed by atoms with Crippen LogP contribution in [0.3, 0.4) is 0 Å². The first-order valence-corrected chi connectivity index (χ1v) is 7.50. The minimum atomic E-state index is -4.68. The van der Waals surface area contributed by atoms with Gasteiger partial charge < -0.3 is 10.6 Å². The van der Waals surface area contributed by atoms with E-state index < -0.39 is 60.4 Å². The molecule has 1 unspecified atom stereocenters. The lowest BCUT2D eigenvalue weighted by molar-refractivity contribution is -0.139. The molecule has 2 rings (SSSR count). The first kappa shape index (κ1) is 20.9. The number of anilines is 2. The van der Waals surface area contributed by atoms with Gasteiger partial charge in [-0.25, -0.2) is 8.78 Å². The highest BCUT2D eigenvalue weighted by molar-refractivity contribution is 5.40. The maximum Gasteiger partial charge on any atom is 0.408 e. The van der Waals surface area contributed by atoms with Gasteiger partial charge in [-0.15, -0.1) is 0 Å². The molecule has 0 spiro atoms. The molecule has 0 radical (unpaired) electrons. The van der Waals surface area contributed by atoms with Crippen LogP contribution in [0.15, 0.2) is 0 Å². The van der Waals surface area contributed by atoms with Crippen molar-refractivity contribution in [2.45, 2.75) is 50.6 Å². The molecule has 0 amide bonds. The SMILES string of the molecule is C[C@@H](Nc1nc(C#CC2CC2(F)F)nc(N[C@H](C)C(F)(F)F)n1)C(F)(F)F. The second-order valence-electron chi connectivity index (χ2n) is 5.91. The molecule has 1 aromatic rings. The normalized spacial score (nSPS) is 20.9. The molecule has 1 saturated carbocycles. The lowest BCUT2D eigenvalue weighted by atomic mass is 10.3. The number of halogens is 8. The Morgan fingerprint density at radius 3 is 1.67 bits per heavy atom. The third-order valence-electron chi connectivity index (χ3n) is 3.49. The van der Waals surface area contributed by atoms with Gasteiger partial charge in [-0.3, -0.25) is 0 Å². The second kappa shape index (κ2) is 6.97. The average Bonchev–Trinajstić information content (AvgIpc) is 3.10. The van der Waals surface area contributed by atoms with E-state index in [0.29, 0.717) is 0 Å². The van der Waals surface area contributed by atoms with E-state index in [2.05, 4.69) is 26.8 Å². The van der Waals surface area contributed by atoms with Crippen LogP contribution in [0.5, 0.6) is 0 Å². The number of nitrogens with one attached hydrogen (secondary N) is 2. The Morgan fingerprint density at radius 2 is 1.33 bits per heavy atom. The minimum Gasteiger partial charge on any atom is -0.343 e. The number of alkyl halides is 8. The molecule has 1 aromatic heterocycles. The van der Waals surface area contributed by atoms with Crippen LogP contribution in [0, 0.1) is 17.8 Å². The fourth-order valence-corrected chi connectivity index (χ4v) is 1.63. The predicted octanol–water partition coefficient (Wildman–Crippen LogP) is 3.60. The van der Waals surface area contributed by atoms with Gasteiger partial charge in [0.15, 0.2) is 0 Å². The standard InChI is InChI=1S/C14H13F8N5/c1-6(13(17,18)19)23-10-25-9(4-3-8-5-12(8,15)16)26-11(27-10)24-7(2)14(20,21)22/h6-8H,5H2,1-2H3,(H2,23,24,25,26,27)/t6-,7-,8?/m1/s1. The zero-order valence-corrected chi connectivity index (χ0v) is 13.8. The highest BCUT2D eigenvalue weighted by Gasteiger charge is 2.56. The maximum atomic E-state index is 12.8. The molecular formula is C14H13F8N5. The highest BCUT2D eigenvalue weighted by Crippen LogP contribution is 2.48. The molecule has 5 nitrogen and oxygen atoms in total. The molecule has 1 fully saturated rings. The summed E-state index contributed by atoms with van der Waals surface area (Å²) in [6.45, 7) is 1.48. The summed E-state index contributed by atoms with van der Waals surface area (Å²) in [5, 5.41) is 3.74. The average molecular weight is 403 g/mol. The van der Waals surface area contributed by atoms with Gasteiger partial charge in [0.2, 0.25) is 17.7 Å². The van der Waals surface area contributed by atoms with Crippen molar-refractivity contribution >= 4 is 11.9 Å². The molecule has 0 aliphatic heterocycles. The molecule has 3 atom stereocenters. The van der Waals surface area contributed by atoms with Crippen LogP contribution in [-0.2, 0) is 0 Å². The summed E-state index contributed by atoms with van der Waals surface area (Å²) in [5.41, 5.74) is 0. The number of nitrogens with zero attached hydrogens (tertiary/aromatic N) is 3. The molecule has 1 heterocycles. The van der Waals surface area contributed by atoms with Crippen LogP contribution in [0.2, 0.25) is 0 Å². The van der Waals surface area contributed by atoms with Crippen LogP contribution >= 0.6 is 0 Å². The number of aromatic nitrogens is 3. The van der Waals surface area contributed by atoms with E-state index >= 15 is 0 Å². The number of rotatable bonds is 4. The van der Waals surface area contributed by atoms with Crippen molar-refractivity contribution in [2.24, 2.45) is 5.92 Å². The zero-order chi connectivity index (χ0) is 20.6. The first-order valence-electron chi connectivity index (χ1n) is 7.50. The second-order valence-corrected chi connectivity index (χ2v) is 5.91. The fraction of sp³-hybridized carbons (Fsp3) is 0.643. The van der Waals surface area contributed by atoms with E-state index in [-0.39, 0.29) is 0 Å². The van der Waals surface area contributed by atoms with Gasteiger partial charge in [-0.2, -0.15) is 41.3 Å². The third-order valence-corrected chi connectivity index (χ3v) is 3.49. The van der Waals surface area contributed by atoms with Crippen molar-refractivity contribution < 1.29 is 35.1 Å². The Morgan fingerprint density at radius 1 is 0.926 bits per heavy atom.